The van der Waals surface area contributed by atoms with Gasteiger partial charge in [-0.1, -0.05) is 6.92 Å². The number of nitrogens with one attached hydrogen (secondary N) is 1. The van der Waals surface area contributed by atoms with Crippen LogP contribution in [0, 0.1) is 0 Å². The molecule has 1 unspecified atom stereocenters. The van der Waals surface area contributed by atoms with Crippen molar-refractivity contribution < 1.29 is 9.90 Å². The van der Waals surface area contributed by atoms with Crippen LogP contribution < -0.4 is 5.32 Å². The Balaban J connectivity index is 2.47. The highest BCUT2D eigenvalue weighted by atomic mass is 16.4. The Bertz CT molecular complexity index is 309. The van der Waals surface area contributed by atoms with Crippen molar-refractivity contribution in [2.75, 3.05) is 0 Å². The van der Waals surface area contributed by atoms with Gasteiger partial charge < -0.3 is 9.67 Å². The van der Waals surface area contributed by atoms with Gasteiger partial charge in [0.05, 0.1) is 6.54 Å². The molecule has 0 aromatic carbocycles. The van der Waals surface area contributed by atoms with E-state index in [0.717, 1.165) is 5.82 Å². The minimum absolute atomic E-state index is 0.480. The SMILES string of the molecule is CCC(NCc1nccn1C)C(=O)O. The number of carboxylic acids is 1. The Labute approximate surface area is 82.8 Å². The van der Waals surface area contributed by atoms with Crippen LogP contribution in [0.15, 0.2) is 12.4 Å². The van der Waals surface area contributed by atoms with Gasteiger partial charge in [0.15, 0.2) is 0 Å². The van der Waals surface area contributed by atoms with E-state index in [9.17, 15) is 4.79 Å². The zero-order chi connectivity index (χ0) is 10.6. The molecule has 0 fully saturated rings. The van der Waals surface area contributed by atoms with E-state index in [1.54, 1.807) is 6.20 Å². The summed E-state index contributed by atoms with van der Waals surface area (Å²) in [7, 11) is 1.88. The molecule has 0 bridgehead atoms. The summed E-state index contributed by atoms with van der Waals surface area (Å²) >= 11 is 0. The first-order valence-electron chi connectivity index (χ1n) is 4.57. The summed E-state index contributed by atoms with van der Waals surface area (Å²) in [5.41, 5.74) is 0. The Morgan fingerprint density at radius 1 is 1.79 bits per heavy atom. The molecule has 1 atom stereocenters. The van der Waals surface area contributed by atoms with E-state index >= 15 is 0 Å². The Kier molecular flexibility index (Phi) is 3.64. The predicted octanol–water partition coefficient (Wildman–Crippen LogP) is 0.373. The van der Waals surface area contributed by atoms with Crippen molar-refractivity contribution in [3.8, 4) is 0 Å². The molecule has 0 amide bonds. The number of carbonyl (C=O) groups is 1. The van der Waals surface area contributed by atoms with Crippen LogP contribution in [-0.4, -0.2) is 26.7 Å². The maximum absolute atomic E-state index is 10.7. The molecular formula is C9H15N3O2. The molecule has 1 aromatic rings. The van der Waals surface area contributed by atoms with E-state index in [0.29, 0.717) is 13.0 Å². The van der Waals surface area contributed by atoms with Gasteiger partial charge in [-0.25, -0.2) is 4.98 Å². The van der Waals surface area contributed by atoms with Crippen LogP contribution in [0.2, 0.25) is 0 Å². The van der Waals surface area contributed by atoms with Crippen LogP contribution in [0.5, 0.6) is 0 Å². The van der Waals surface area contributed by atoms with Gasteiger partial charge in [0.25, 0.3) is 0 Å². The smallest absolute Gasteiger partial charge is 0.320 e. The lowest BCUT2D eigenvalue weighted by Gasteiger charge is -2.11. The maximum Gasteiger partial charge on any atom is 0.320 e. The fourth-order valence-corrected chi connectivity index (χ4v) is 1.19. The average Bonchev–Trinajstić information content (AvgIpc) is 2.52. The van der Waals surface area contributed by atoms with Crippen LogP contribution in [0.4, 0.5) is 0 Å². The van der Waals surface area contributed by atoms with Crippen LogP contribution in [0.3, 0.4) is 0 Å². The number of aliphatic carboxylic acids is 1. The summed E-state index contributed by atoms with van der Waals surface area (Å²) in [5.74, 6) is 0.0198. The maximum atomic E-state index is 10.7. The van der Waals surface area contributed by atoms with Crippen molar-refractivity contribution in [3.05, 3.63) is 18.2 Å². The van der Waals surface area contributed by atoms with Crippen LogP contribution in [-0.2, 0) is 18.4 Å². The second-order valence-electron chi connectivity index (χ2n) is 3.13. The molecule has 0 saturated heterocycles. The van der Waals surface area contributed by atoms with E-state index in [1.807, 2.05) is 24.7 Å². The molecule has 0 aliphatic heterocycles. The molecule has 0 radical (unpaired) electrons. The van der Waals surface area contributed by atoms with Gasteiger partial charge in [-0.15, -0.1) is 0 Å². The van der Waals surface area contributed by atoms with Gasteiger partial charge in [0, 0.05) is 19.4 Å². The minimum atomic E-state index is -0.818. The van der Waals surface area contributed by atoms with Crippen LogP contribution in [0.25, 0.3) is 0 Å². The Morgan fingerprint density at radius 2 is 2.50 bits per heavy atom. The molecule has 0 spiro atoms. The second-order valence-corrected chi connectivity index (χ2v) is 3.13. The monoisotopic (exact) mass is 197 g/mol. The summed E-state index contributed by atoms with van der Waals surface area (Å²) in [6, 6.07) is -0.494. The number of nitrogens with zero attached hydrogens (tertiary/aromatic N) is 2. The van der Waals surface area contributed by atoms with E-state index in [2.05, 4.69) is 10.3 Å². The summed E-state index contributed by atoms with van der Waals surface area (Å²) < 4.78 is 1.86. The summed E-state index contributed by atoms with van der Waals surface area (Å²) in [5, 5.41) is 11.7. The topological polar surface area (TPSA) is 67.2 Å². The molecule has 0 saturated carbocycles. The highest BCUT2D eigenvalue weighted by Crippen LogP contribution is 1.96. The van der Waals surface area contributed by atoms with Crippen molar-refractivity contribution in [3.63, 3.8) is 0 Å². The lowest BCUT2D eigenvalue weighted by Crippen LogP contribution is -2.36. The summed E-state index contributed by atoms with van der Waals surface area (Å²) in [6.07, 6.45) is 4.09. The molecule has 14 heavy (non-hydrogen) atoms. The van der Waals surface area contributed by atoms with Crippen molar-refractivity contribution in [2.24, 2.45) is 7.05 Å². The molecule has 1 aromatic heterocycles. The first kappa shape index (κ1) is 10.7. The van der Waals surface area contributed by atoms with Crippen LogP contribution >= 0.6 is 0 Å². The third kappa shape index (κ3) is 2.56. The van der Waals surface area contributed by atoms with Gasteiger partial charge in [0.2, 0.25) is 0 Å². The molecule has 0 aliphatic rings. The highest BCUT2D eigenvalue weighted by Gasteiger charge is 2.14. The Hall–Kier alpha value is -1.36. The lowest BCUT2D eigenvalue weighted by atomic mass is 10.2. The number of aryl methyl sites for hydroxylation is 1. The van der Waals surface area contributed by atoms with Gasteiger partial charge in [-0.2, -0.15) is 0 Å². The highest BCUT2D eigenvalue weighted by molar-refractivity contribution is 5.73. The van der Waals surface area contributed by atoms with E-state index in [1.165, 1.54) is 0 Å². The minimum Gasteiger partial charge on any atom is -0.480 e. The fraction of sp³-hybridized carbons (Fsp3) is 0.556. The average molecular weight is 197 g/mol. The molecule has 0 aliphatic carbocycles. The molecule has 1 rings (SSSR count). The van der Waals surface area contributed by atoms with Crippen molar-refractivity contribution >= 4 is 5.97 Å². The van der Waals surface area contributed by atoms with Gasteiger partial charge >= 0.3 is 5.97 Å². The third-order valence-corrected chi connectivity index (χ3v) is 2.13. The predicted molar refractivity (Wildman–Crippen MR) is 51.8 cm³/mol. The molecule has 1 heterocycles. The fourth-order valence-electron chi connectivity index (χ4n) is 1.19. The third-order valence-electron chi connectivity index (χ3n) is 2.13. The lowest BCUT2D eigenvalue weighted by molar-refractivity contribution is -0.139. The number of hydrogen-bond acceptors (Lipinski definition) is 3. The van der Waals surface area contributed by atoms with Gasteiger partial charge in [0.1, 0.15) is 11.9 Å². The van der Waals surface area contributed by atoms with Gasteiger partial charge in [-0.3, -0.25) is 10.1 Å². The van der Waals surface area contributed by atoms with E-state index < -0.39 is 12.0 Å². The van der Waals surface area contributed by atoms with Crippen molar-refractivity contribution in [1.82, 2.24) is 14.9 Å². The largest absolute Gasteiger partial charge is 0.480 e. The normalized spacial score (nSPS) is 12.7. The quantitative estimate of drug-likeness (QED) is 0.715. The summed E-state index contributed by atoms with van der Waals surface area (Å²) in [4.78, 5) is 14.8. The number of hydrogen-bond donors (Lipinski definition) is 2. The molecule has 5 heteroatoms. The van der Waals surface area contributed by atoms with Crippen LogP contribution in [0.1, 0.15) is 19.2 Å². The number of imidazole rings is 1. The molecular weight excluding hydrogens is 182 g/mol. The van der Waals surface area contributed by atoms with E-state index in [-0.39, 0.29) is 0 Å². The molecule has 2 N–H and O–H groups in total. The van der Waals surface area contributed by atoms with Gasteiger partial charge in [-0.05, 0) is 6.42 Å². The first-order chi connectivity index (χ1) is 6.65. The molecule has 5 nitrogen and oxygen atoms in total. The van der Waals surface area contributed by atoms with E-state index in [4.69, 9.17) is 5.11 Å². The second kappa shape index (κ2) is 4.76. The Morgan fingerprint density at radius 3 is 2.93 bits per heavy atom. The number of aromatic nitrogens is 2. The number of rotatable bonds is 5. The first-order valence-corrected chi connectivity index (χ1v) is 4.57. The zero-order valence-electron chi connectivity index (χ0n) is 8.40. The van der Waals surface area contributed by atoms with Crippen molar-refractivity contribution in [1.29, 1.82) is 0 Å². The molecule has 78 valence electrons. The van der Waals surface area contributed by atoms with Crippen molar-refractivity contribution in [2.45, 2.75) is 25.9 Å². The number of carboxylic acid groups (broad SMARTS) is 1. The summed E-state index contributed by atoms with van der Waals surface area (Å²) in [6.45, 7) is 2.32. The zero-order valence-corrected chi connectivity index (χ0v) is 8.40. The standard InChI is InChI=1S/C9H15N3O2/c1-3-7(9(13)14)11-6-8-10-4-5-12(8)2/h4-5,7,11H,3,6H2,1-2H3,(H,13,14).